The van der Waals surface area contributed by atoms with Crippen LogP contribution in [0, 0.1) is 17.7 Å². The molecule has 2 N–H and O–H groups in total. The fourth-order valence-electron chi connectivity index (χ4n) is 5.02. The van der Waals surface area contributed by atoms with E-state index in [4.69, 9.17) is 4.74 Å². The maximum atomic E-state index is 14.3. The molecule has 1 unspecified atom stereocenters. The Bertz CT molecular complexity index is 903. The largest absolute Gasteiger partial charge is 0.497 e. The Morgan fingerprint density at radius 1 is 1.13 bits per heavy atom. The summed E-state index contributed by atoms with van der Waals surface area (Å²) in [5, 5.41) is 12.8. The molecule has 0 bridgehead atoms. The van der Waals surface area contributed by atoms with Crippen LogP contribution in [0.15, 0.2) is 42.5 Å². The third kappa shape index (κ3) is 5.57. The minimum absolute atomic E-state index is 0.118. The molecule has 0 saturated heterocycles. The molecule has 0 heterocycles. The molecule has 2 aliphatic carbocycles. The number of aliphatic carboxylic acids is 1. The van der Waals surface area contributed by atoms with Crippen LogP contribution in [0.4, 0.5) is 10.1 Å². The molecule has 0 aromatic heterocycles. The van der Waals surface area contributed by atoms with Crippen molar-refractivity contribution in [1.29, 1.82) is 0 Å². The molecule has 2 fully saturated rings. The molecule has 0 radical (unpaired) electrons. The third-order valence-corrected chi connectivity index (χ3v) is 6.98. The van der Waals surface area contributed by atoms with Crippen molar-refractivity contribution in [2.75, 3.05) is 19.0 Å². The van der Waals surface area contributed by atoms with Gasteiger partial charge in [-0.2, -0.15) is 0 Å². The molecule has 1 atom stereocenters. The molecule has 5 heteroatoms. The highest BCUT2D eigenvalue weighted by Gasteiger charge is 2.33. The van der Waals surface area contributed by atoms with Gasteiger partial charge in [0.25, 0.3) is 0 Å². The van der Waals surface area contributed by atoms with Gasteiger partial charge < -0.3 is 15.2 Å². The lowest BCUT2D eigenvalue weighted by Gasteiger charge is -2.29. The summed E-state index contributed by atoms with van der Waals surface area (Å²) in [6.07, 6.45) is 6.57. The Morgan fingerprint density at radius 3 is 2.58 bits per heavy atom. The number of carboxylic acid groups (broad SMARTS) is 1. The number of ether oxygens (including phenoxy) is 1. The molecule has 4 nitrogen and oxygen atoms in total. The lowest BCUT2D eigenvalue weighted by Crippen LogP contribution is -2.21. The van der Waals surface area contributed by atoms with Gasteiger partial charge >= 0.3 is 5.97 Å². The zero-order valence-corrected chi connectivity index (χ0v) is 18.1. The van der Waals surface area contributed by atoms with Gasteiger partial charge in [-0.3, -0.25) is 4.79 Å². The molecule has 2 aliphatic rings. The summed E-state index contributed by atoms with van der Waals surface area (Å²) >= 11 is 0. The van der Waals surface area contributed by atoms with E-state index in [9.17, 15) is 14.3 Å². The molecule has 166 valence electrons. The zero-order chi connectivity index (χ0) is 21.8. The number of halogens is 1. The van der Waals surface area contributed by atoms with E-state index in [0.29, 0.717) is 17.6 Å². The number of benzene rings is 2. The standard InChI is InChI=1S/C26H32FNO3/c1-31-22-11-12-25(27)24(14-22)19-7-5-17(6-8-19)16-28-21-4-2-3-20(13-21)23(15-26(29)30)18-9-10-18/h2-4,11-14,17-19,23,28H,5-10,15-16H2,1H3,(H,29,30)/t17-,19+,23?. The maximum absolute atomic E-state index is 14.3. The first-order chi connectivity index (χ1) is 15.0. The zero-order valence-electron chi connectivity index (χ0n) is 18.1. The summed E-state index contributed by atoms with van der Waals surface area (Å²) in [6, 6.07) is 13.3. The number of carboxylic acids is 1. The maximum Gasteiger partial charge on any atom is 0.303 e. The van der Waals surface area contributed by atoms with Gasteiger partial charge in [-0.1, -0.05) is 12.1 Å². The van der Waals surface area contributed by atoms with Crippen LogP contribution >= 0.6 is 0 Å². The van der Waals surface area contributed by atoms with Crippen LogP contribution in [-0.2, 0) is 4.79 Å². The van der Waals surface area contributed by atoms with Crippen LogP contribution in [-0.4, -0.2) is 24.7 Å². The number of methoxy groups -OCH3 is 1. The summed E-state index contributed by atoms with van der Waals surface area (Å²) < 4.78 is 19.6. The van der Waals surface area contributed by atoms with E-state index in [1.54, 1.807) is 13.2 Å². The Kier molecular flexibility index (Phi) is 6.79. The van der Waals surface area contributed by atoms with Crippen molar-refractivity contribution in [1.82, 2.24) is 0 Å². The van der Waals surface area contributed by atoms with E-state index in [1.807, 2.05) is 12.1 Å². The van der Waals surface area contributed by atoms with E-state index in [0.717, 1.165) is 61.9 Å². The Morgan fingerprint density at radius 2 is 1.90 bits per heavy atom. The number of hydrogen-bond donors (Lipinski definition) is 2. The van der Waals surface area contributed by atoms with E-state index in [1.165, 1.54) is 6.07 Å². The molecule has 0 amide bonds. The van der Waals surface area contributed by atoms with Crippen LogP contribution < -0.4 is 10.1 Å². The van der Waals surface area contributed by atoms with E-state index < -0.39 is 5.97 Å². The van der Waals surface area contributed by atoms with Gasteiger partial charge in [0.15, 0.2) is 0 Å². The first-order valence-electron chi connectivity index (χ1n) is 11.4. The number of rotatable bonds is 9. The van der Waals surface area contributed by atoms with E-state index >= 15 is 0 Å². The van der Waals surface area contributed by atoms with Crippen LogP contribution in [0.2, 0.25) is 0 Å². The lowest BCUT2D eigenvalue weighted by molar-refractivity contribution is -0.137. The molecular formula is C26H32FNO3. The van der Waals surface area contributed by atoms with Crippen molar-refractivity contribution >= 4 is 11.7 Å². The number of anilines is 1. The van der Waals surface area contributed by atoms with Crippen molar-refractivity contribution in [3.63, 3.8) is 0 Å². The number of nitrogens with one attached hydrogen (secondary N) is 1. The molecule has 0 spiro atoms. The van der Waals surface area contributed by atoms with Crippen molar-refractivity contribution in [3.05, 3.63) is 59.4 Å². The minimum Gasteiger partial charge on any atom is -0.497 e. The van der Waals surface area contributed by atoms with E-state index in [-0.39, 0.29) is 24.1 Å². The van der Waals surface area contributed by atoms with Gasteiger partial charge in [-0.25, -0.2) is 4.39 Å². The van der Waals surface area contributed by atoms with Gasteiger partial charge in [0.05, 0.1) is 13.5 Å². The summed E-state index contributed by atoms with van der Waals surface area (Å²) in [5.74, 6) is 1.31. The van der Waals surface area contributed by atoms with Gasteiger partial charge in [0.1, 0.15) is 11.6 Å². The normalized spacial score (nSPS) is 22.0. The molecule has 2 saturated carbocycles. The first kappa shape index (κ1) is 21.7. The summed E-state index contributed by atoms with van der Waals surface area (Å²) in [5.41, 5.74) is 2.98. The van der Waals surface area contributed by atoms with Crippen LogP contribution in [0.5, 0.6) is 5.75 Å². The minimum atomic E-state index is -0.723. The molecule has 2 aromatic carbocycles. The van der Waals surface area contributed by atoms with Gasteiger partial charge in [-0.05, 0) is 104 Å². The Labute approximate surface area is 183 Å². The topological polar surface area (TPSA) is 58.6 Å². The second-order valence-electron chi connectivity index (χ2n) is 9.15. The summed E-state index contributed by atoms with van der Waals surface area (Å²) in [6.45, 7) is 0.893. The third-order valence-electron chi connectivity index (χ3n) is 6.98. The fourth-order valence-corrected chi connectivity index (χ4v) is 5.02. The SMILES string of the molecule is COc1ccc(F)c([C@H]2CC[C@@H](CNc3cccc(C(CC(=O)O)C4CC4)c3)CC2)c1. The van der Waals surface area contributed by atoms with Crippen LogP contribution in [0.3, 0.4) is 0 Å². The van der Waals surface area contributed by atoms with Crippen molar-refractivity contribution in [3.8, 4) is 5.75 Å². The van der Waals surface area contributed by atoms with Crippen LogP contribution in [0.25, 0.3) is 0 Å². The lowest BCUT2D eigenvalue weighted by atomic mass is 9.78. The molecule has 2 aromatic rings. The number of carbonyl (C=O) groups is 1. The fraction of sp³-hybridized carbons (Fsp3) is 0.500. The predicted octanol–water partition coefficient (Wildman–Crippen LogP) is 6.19. The van der Waals surface area contributed by atoms with Gasteiger partial charge in [-0.15, -0.1) is 0 Å². The average molecular weight is 426 g/mol. The van der Waals surface area contributed by atoms with Crippen molar-refractivity contribution < 1.29 is 19.0 Å². The molecule has 31 heavy (non-hydrogen) atoms. The highest BCUT2D eigenvalue weighted by Crippen LogP contribution is 2.45. The second kappa shape index (κ2) is 9.71. The highest BCUT2D eigenvalue weighted by molar-refractivity contribution is 5.68. The highest BCUT2D eigenvalue weighted by atomic mass is 19.1. The monoisotopic (exact) mass is 425 g/mol. The average Bonchev–Trinajstić information content (AvgIpc) is 3.62. The predicted molar refractivity (Wildman–Crippen MR) is 120 cm³/mol. The Balaban J connectivity index is 1.31. The van der Waals surface area contributed by atoms with Gasteiger partial charge in [0.2, 0.25) is 0 Å². The summed E-state index contributed by atoms with van der Waals surface area (Å²) in [7, 11) is 1.61. The molecular weight excluding hydrogens is 393 g/mol. The van der Waals surface area contributed by atoms with Crippen LogP contribution in [0.1, 0.15) is 67.9 Å². The van der Waals surface area contributed by atoms with E-state index in [2.05, 4.69) is 23.5 Å². The quantitative estimate of drug-likeness (QED) is 0.503. The smallest absolute Gasteiger partial charge is 0.303 e. The summed E-state index contributed by atoms with van der Waals surface area (Å²) in [4.78, 5) is 11.3. The van der Waals surface area contributed by atoms with Crippen molar-refractivity contribution in [2.45, 2.75) is 56.8 Å². The van der Waals surface area contributed by atoms with Gasteiger partial charge in [0, 0.05) is 12.2 Å². The van der Waals surface area contributed by atoms with Crippen molar-refractivity contribution in [2.24, 2.45) is 11.8 Å². The molecule has 4 rings (SSSR count). The second-order valence-corrected chi connectivity index (χ2v) is 9.15. The first-order valence-corrected chi connectivity index (χ1v) is 11.4. The Hall–Kier alpha value is -2.56. The number of hydrogen-bond acceptors (Lipinski definition) is 3. The molecule has 0 aliphatic heterocycles.